The van der Waals surface area contributed by atoms with Gasteiger partial charge in [-0.15, -0.1) is 0 Å². The zero-order valence-corrected chi connectivity index (χ0v) is 7.14. The van der Waals surface area contributed by atoms with Gasteiger partial charge in [0.05, 0.1) is 5.56 Å². The van der Waals surface area contributed by atoms with Crippen molar-refractivity contribution < 1.29 is 9.90 Å². The van der Waals surface area contributed by atoms with Gasteiger partial charge in [0, 0.05) is 30.4 Å². The van der Waals surface area contributed by atoms with Gasteiger partial charge in [-0.1, -0.05) is 0 Å². The molecule has 5 nitrogen and oxygen atoms in total. The second-order valence-electron chi connectivity index (χ2n) is 2.66. The van der Waals surface area contributed by atoms with E-state index >= 15 is 0 Å². The summed E-state index contributed by atoms with van der Waals surface area (Å²) >= 11 is 0. The molecule has 2 heterocycles. The Kier molecular flexibility index (Phi) is 1.98. The van der Waals surface area contributed by atoms with Crippen LogP contribution in [0.1, 0.15) is 10.4 Å². The lowest BCUT2D eigenvalue weighted by atomic mass is 10.1. The molecule has 14 heavy (non-hydrogen) atoms. The highest BCUT2D eigenvalue weighted by Crippen LogP contribution is 2.18. The van der Waals surface area contributed by atoms with Gasteiger partial charge in [0.25, 0.3) is 0 Å². The Labute approximate surface area is 79.5 Å². The number of aromatic amines is 1. The van der Waals surface area contributed by atoms with E-state index in [1.807, 2.05) is 0 Å². The summed E-state index contributed by atoms with van der Waals surface area (Å²) in [6, 6.07) is 1.61. The maximum absolute atomic E-state index is 10.8. The summed E-state index contributed by atoms with van der Waals surface area (Å²) in [5.41, 5.74) is 0.681. The molecule has 0 spiro atoms. The van der Waals surface area contributed by atoms with Crippen LogP contribution in [0.5, 0.6) is 0 Å². The molecule has 0 saturated carbocycles. The first-order valence-electron chi connectivity index (χ1n) is 3.96. The number of hydrogen-bond acceptors (Lipinski definition) is 3. The van der Waals surface area contributed by atoms with E-state index in [1.54, 1.807) is 18.5 Å². The van der Waals surface area contributed by atoms with E-state index in [9.17, 15) is 4.79 Å². The predicted octanol–water partition coefficient (Wildman–Crippen LogP) is 1.17. The first kappa shape index (κ1) is 8.43. The van der Waals surface area contributed by atoms with Gasteiger partial charge in [-0.3, -0.25) is 4.98 Å². The minimum Gasteiger partial charge on any atom is -0.478 e. The Morgan fingerprint density at radius 3 is 2.93 bits per heavy atom. The summed E-state index contributed by atoms with van der Waals surface area (Å²) in [5.74, 6) is -0.477. The lowest BCUT2D eigenvalue weighted by Gasteiger charge is -2.00. The standard InChI is InChI=1S/C9H7N3O2/c13-9(14)7-5-10-2-1-6(7)8-11-3-4-12-8/h1-5H,(H,11,12)(H,13,14). The van der Waals surface area contributed by atoms with Crippen LogP contribution in [-0.2, 0) is 0 Å². The van der Waals surface area contributed by atoms with Crippen LogP contribution in [-0.4, -0.2) is 26.0 Å². The van der Waals surface area contributed by atoms with Crippen molar-refractivity contribution in [2.24, 2.45) is 0 Å². The van der Waals surface area contributed by atoms with E-state index in [1.165, 1.54) is 12.4 Å². The smallest absolute Gasteiger partial charge is 0.338 e. The number of pyridine rings is 1. The monoisotopic (exact) mass is 189 g/mol. The summed E-state index contributed by atoms with van der Waals surface area (Å²) in [4.78, 5) is 21.4. The van der Waals surface area contributed by atoms with Crippen molar-refractivity contribution in [2.45, 2.75) is 0 Å². The molecule has 0 amide bonds. The van der Waals surface area contributed by atoms with Gasteiger partial charge in [-0.25, -0.2) is 9.78 Å². The van der Waals surface area contributed by atoms with Gasteiger partial charge in [-0.05, 0) is 6.07 Å². The third-order valence-corrected chi connectivity index (χ3v) is 1.80. The number of nitrogens with one attached hydrogen (secondary N) is 1. The molecule has 0 radical (unpaired) electrons. The van der Waals surface area contributed by atoms with Crippen molar-refractivity contribution in [3.63, 3.8) is 0 Å². The number of aromatic nitrogens is 3. The Bertz CT molecular complexity index is 451. The van der Waals surface area contributed by atoms with Gasteiger partial charge in [0.2, 0.25) is 0 Å². The number of imidazole rings is 1. The first-order chi connectivity index (χ1) is 6.79. The van der Waals surface area contributed by atoms with Crippen molar-refractivity contribution in [1.29, 1.82) is 0 Å². The summed E-state index contributed by atoms with van der Waals surface area (Å²) in [7, 11) is 0. The molecule has 70 valence electrons. The van der Waals surface area contributed by atoms with Crippen LogP contribution in [0, 0.1) is 0 Å². The minimum atomic E-state index is -1.01. The topological polar surface area (TPSA) is 78.9 Å². The minimum absolute atomic E-state index is 0.141. The number of carboxylic acid groups (broad SMARTS) is 1. The molecule has 0 atom stereocenters. The molecule has 2 aromatic rings. The molecule has 0 unspecified atom stereocenters. The zero-order chi connectivity index (χ0) is 9.97. The fourth-order valence-corrected chi connectivity index (χ4v) is 1.18. The second kappa shape index (κ2) is 3.29. The largest absolute Gasteiger partial charge is 0.478 e. The number of rotatable bonds is 2. The number of nitrogens with zero attached hydrogens (tertiary/aromatic N) is 2. The molecular formula is C9H7N3O2. The van der Waals surface area contributed by atoms with E-state index < -0.39 is 5.97 Å². The number of carboxylic acids is 1. The average Bonchev–Trinajstić information content (AvgIpc) is 2.70. The average molecular weight is 189 g/mol. The first-order valence-corrected chi connectivity index (χ1v) is 3.96. The van der Waals surface area contributed by atoms with Crippen LogP contribution in [0.4, 0.5) is 0 Å². The zero-order valence-electron chi connectivity index (χ0n) is 7.14. The number of H-pyrrole nitrogens is 1. The van der Waals surface area contributed by atoms with Crippen molar-refractivity contribution in [3.05, 3.63) is 36.4 Å². The molecule has 0 aliphatic rings. The van der Waals surface area contributed by atoms with Gasteiger partial charge in [0.1, 0.15) is 5.82 Å². The molecule has 0 aliphatic carbocycles. The van der Waals surface area contributed by atoms with Crippen LogP contribution < -0.4 is 0 Å². The van der Waals surface area contributed by atoms with Gasteiger partial charge in [-0.2, -0.15) is 0 Å². The molecule has 0 fully saturated rings. The van der Waals surface area contributed by atoms with Crippen LogP contribution in [0.2, 0.25) is 0 Å². The SMILES string of the molecule is O=C(O)c1cnccc1-c1ncc[nH]1. The molecule has 5 heteroatoms. The summed E-state index contributed by atoms with van der Waals surface area (Å²) in [6.45, 7) is 0. The number of carbonyl (C=O) groups is 1. The summed E-state index contributed by atoms with van der Waals surface area (Å²) in [5, 5.41) is 8.88. The van der Waals surface area contributed by atoms with E-state index in [4.69, 9.17) is 5.11 Å². The molecule has 0 aromatic carbocycles. The van der Waals surface area contributed by atoms with Gasteiger partial charge < -0.3 is 10.1 Å². The van der Waals surface area contributed by atoms with Crippen LogP contribution in [0.15, 0.2) is 30.9 Å². The van der Waals surface area contributed by atoms with Gasteiger partial charge >= 0.3 is 5.97 Å². The van der Waals surface area contributed by atoms with Crippen molar-refractivity contribution in [2.75, 3.05) is 0 Å². The Morgan fingerprint density at radius 2 is 2.29 bits per heavy atom. The fourth-order valence-electron chi connectivity index (χ4n) is 1.18. The Hall–Kier alpha value is -2.17. The third kappa shape index (κ3) is 1.35. The molecule has 2 aromatic heterocycles. The maximum atomic E-state index is 10.8. The highest BCUT2D eigenvalue weighted by molar-refractivity contribution is 5.94. The molecule has 0 saturated heterocycles. The van der Waals surface area contributed by atoms with Crippen LogP contribution in [0.25, 0.3) is 11.4 Å². The van der Waals surface area contributed by atoms with Crippen molar-refractivity contribution in [3.8, 4) is 11.4 Å². The van der Waals surface area contributed by atoms with E-state index in [0.29, 0.717) is 11.4 Å². The second-order valence-corrected chi connectivity index (χ2v) is 2.66. The number of aromatic carboxylic acids is 1. The van der Waals surface area contributed by atoms with Crippen molar-refractivity contribution >= 4 is 5.97 Å². The maximum Gasteiger partial charge on any atom is 0.338 e. The van der Waals surface area contributed by atoms with Crippen LogP contribution in [0.3, 0.4) is 0 Å². The van der Waals surface area contributed by atoms with Crippen LogP contribution >= 0.6 is 0 Å². The molecule has 2 rings (SSSR count). The van der Waals surface area contributed by atoms with Gasteiger partial charge in [0.15, 0.2) is 0 Å². The predicted molar refractivity (Wildman–Crippen MR) is 48.8 cm³/mol. The van der Waals surface area contributed by atoms with E-state index in [-0.39, 0.29) is 5.56 Å². The summed E-state index contributed by atoms with van der Waals surface area (Å²) in [6.07, 6.45) is 6.05. The van der Waals surface area contributed by atoms with E-state index in [0.717, 1.165) is 0 Å². The lowest BCUT2D eigenvalue weighted by Crippen LogP contribution is -2.00. The normalized spacial score (nSPS) is 10.0. The molecule has 0 aliphatic heterocycles. The molecule has 0 bridgehead atoms. The van der Waals surface area contributed by atoms with Crippen molar-refractivity contribution in [1.82, 2.24) is 15.0 Å². The summed E-state index contributed by atoms with van der Waals surface area (Å²) < 4.78 is 0. The van der Waals surface area contributed by atoms with E-state index in [2.05, 4.69) is 15.0 Å². The quantitative estimate of drug-likeness (QED) is 0.743. The number of hydrogen-bond donors (Lipinski definition) is 2. The molecular weight excluding hydrogens is 182 g/mol. The highest BCUT2D eigenvalue weighted by atomic mass is 16.4. The highest BCUT2D eigenvalue weighted by Gasteiger charge is 2.12. The lowest BCUT2D eigenvalue weighted by molar-refractivity contribution is 0.0697. The third-order valence-electron chi connectivity index (χ3n) is 1.80. The fraction of sp³-hybridized carbons (Fsp3) is 0. The molecule has 2 N–H and O–H groups in total. The Morgan fingerprint density at radius 1 is 1.43 bits per heavy atom. The Balaban J connectivity index is 2.58.